The third kappa shape index (κ3) is 5.20. The zero-order chi connectivity index (χ0) is 14.7. The molecule has 0 radical (unpaired) electrons. The lowest BCUT2D eigenvalue weighted by molar-refractivity contribution is 0.103. The fourth-order valence-electron chi connectivity index (χ4n) is 3.90. The highest BCUT2D eigenvalue weighted by atomic mass is 35.5. The van der Waals surface area contributed by atoms with Gasteiger partial charge in [-0.05, 0) is 42.5 Å². The topological polar surface area (TPSA) is 15.3 Å². The summed E-state index contributed by atoms with van der Waals surface area (Å²) >= 11 is 6.42. The molecule has 1 saturated carbocycles. The first-order valence-electron chi connectivity index (χ1n) is 8.15. The maximum atomic E-state index is 13.8. The van der Waals surface area contributed by atoms with Crippen molar-refractivity contribution in [2.45, 2.75) is 38.1 Å². The van der Waals surface area contributed by atoms with Crippen molar-refractivity contribution in [3.8, 4) is 0 Å². The van der Waals surface area contributed by atoms with Crippen molar-refractivity contribution in [2.75, 3.05) is 26.2 Å². The van der Waals surface area contributed by atoms with E-state index in [-0.39, 0.29) is 36.7 Å². The van der Waals surface area contributed by atoms with Crippen LogP contribution in [0.1, 0.15) is 43.7 Å². The summed E-state index contributed by atoms with van der Waals surface area (Å²) in [6, 6.07) is 5.10. The lowest BCUT2D eigenvalue weighted by Crippen LogP contribution is -2.47. The molecule has 1 N–H and O–H groups in total. The molecule has 1 aromatic carbocycles. The van der Waals surface area contributed by atoms with E-state index in [0.717, 1.165) is 31.7 Å². The standard InChI is InChI=1S/C17H24ClFN2.2ClH/c18-16-7-6-14(19)12-15(16)17(13-4-2-1-3-5-13)21-10-8-20-9-11-21;;/h6-7,12-13,17,20H,1-5,8-11H2;2*1H/t17-;;/m1../s1. The molecule has 1 atom stereocenters. The molecule has 0 bridgehead atoms. The third-order valence-electron chi connectivity index (χ3n) is 4.92. The van der Waals surface area contributed by atoms with Crippen LogP contribution in [0.2, 0.25) is 5.02 Å². The van der Waals surface area contributed by atoms with Crippen LogP contribution >= 0.6 is 36.4 Å². The number of halogens is 4. The van der Waals surface area contributed by atoms with Gasteiger partial charge in [0.15, 0.2) is 0 Å². The van der Waals surface area contributed by atoms with Gasteiger partial charge in [-0.25, -0.2) is 4.39 Å². The van der Waals surface area contributed by atoms with Gasteiger partial charge in [-0.2, -0.15) is 0 Å². The summed E-state index contributed by atoms with van der Waals surface area (Å²) in [6.45, 7) is 4.06. The molecule has 23 heavy (non-hydrogen) atoms. The van der Waals surface area contributed by atoms with Crippen molar-refractivity contribution >= 4 is 36.4 Å². The van der Waals surface area contributed by atoms with E-state index in [1.54, 1.807) is 12.1 Å². The largest absolute Gasteiger partial charge is 0.314 e. The van der Waals surface area contributed by atoms with Crippen molar-refractivity contribution in [2.24, 2.45) is 5.92 Å². The first-order chi connectivity index (χ1) is 10.3. The van der Waals surface area contributed by atoms with Crippen LogP contribution in [0.25, 0.3) is 0 Å². The van der Waals surface area contributed by atoms with Crippen molar-refractivity contribution in [1.29, 1.82) is 0 Å². The average molecular weight is 384 g/mol. The molecular weight excluding hydrogens is 358 g/mol. The van der Waals surface area contributed by atoms with Crippen molar-refractivity contribution in [1.82, 2.24) is 10.2 Å². The molecule has 2 fully saturated rings. The summed E-state index contributed by atoms with van der Waals surface area (Å²) in [5.74, 6) is 0.432. The lowest BCUT2D eigenvalue weighted by atomic mass is 9.80. The number of benzene rings is 1. The molecule has 0 aromatic heterocycles. The van der Waals surface area contributed by atoms with Crippen LogP contribution in [-0.4, -0.2) is 31.1 Å². The SMILES string of the molecule is Cl.Cl.Fc1ccc(Cl)c([C@@H](C2CCCCC2)N2CCNCC2)c1. The van der Waals surface area contributed by atoms with Crippen molar-refractivity contribution in [3.05, 3.63) is 34.6 Å². The van der Waals surface area contributed by atoms with Gasteiger partial charge in [-0.15, -0.1) is 24.8 Å². The minimum absolute atomic E-state index is 0. The molecule has 1 heterocycles. The second kappa shape index (κ2) is 10.0. The van der Waals surface area contributed by atoms with Gasteiger partial charge in [0.05, 0.1) is 0 Å². The second-order valence-electron chi connectivity index (χ2n) is 6.29. The molecule has 0 spiro atoms. The lowest BCUT2D eigenvalue weighted by Gasteiger charge is -2.41. The normalized spacial score (nSPS) is 21.1. The highest BCUT2D eigenvalue weighted by Gasteiger charge is 2.32. The highest BCUT2D eigenvalue weighted by molar-refractivity contribution is 6.31. The predicted molar refractivity (Wildman–Crippen MR) is 99.7 cm³/mol. The van der Waals surface area contributed by atoms with E-state index in [0.29, 0.717) is 10.9 Å². The van der Waals surface area contributed by atoms with E-state index in [1.807, 2.05) is 0 Å². The second-order valence-corrected chi connectivity index (χ2v) is 6.70. The van der Waals surface area contributed by atoms with Crippen LogP contribution in [0.3, 0.4) is 0 Å². The Morgan fingerprint density at radius 2 is 1.74 bits per heavy atom. The molecule has 6 heteroatoms. The molecule has 0 unspecified atom stereocenters. The van der Waals surface area contributed by atoms with Gasteiger partial charge < -0.3 is 5.32 Å². The number of nitrogens with zero attached hydrogens (tertiary/aromatic N) is 1. The zero-order valence-corrected chi connectivity index (χ0v) is 15.7. The van der Waals surface area contributed by atoms with Gasteiger partial charge >= 0.3 is 0 Å². The van der Waals surface area contributed by atoms with E-state index < -0.39 is 0 Å². The monoisotopic (exact) mass is 382 g/mol. The smallest absolute Gasteiger partial charge is 0.123 e. The predicted octanol–water partition coefficient (Wildman–Crippen LogP) is 4.85. The Labute approximate surface area is 156 Å². The molecule has 2 aliphatic rings. The fraction of sp³-hybridized carbons (Fsp3) is 0.647. The Morgan fingerprint density at radius 1 is 1.09 bits per heavy atom. The van der Waals surface area contributed by atoms with Crippen LogP contribution < -0.4 is 5.32 Å². The van der Waals surface area contributed by atoms with Crippen molar-refractivity contribution < 1.29 is 4.39 Å². The summed E-state index contributed by atoms with van der Waals surface area (Å²) in [4.78, 5) is 2.51. The first kappa shape index (κ1) is 21.0. The molecule has 132 valence electrons. The molecule has 1 aromatic rings. The minimum atomic E-state index is -0.176. The molecule has 1 aliphatic carbocycles. The maximum absolute atomic E-state index is 13.8. The number of rotatable bonds is 3. The number of hydrogen-bond donors (Lipinski definition) is 1. The summed E-state index contributed by atoms with van der Waals surface area (Å²) in [5, 5.41) is 4.11. The van der Waals surface area contributed by atoms with Gasteiger partial charge in [-0.3, -0.25) is 4.90 Å². The highest BCUT2D eigenvalue weighted by Crippen LogP contribution is 2.41. The van der Waals surface area contributed by atoms with E-state index in [9.17, 15) is 4.39 Å². The Kier molecular flexibility index (Phi) is 9.17. The van der Waals surface area contributed by atoms with Gasteiger partial charge in [0.2, 0.25) is 0 Å². The fourth-order valence-corrected chi connectivity index (χ4v) is 4.13. The zero-order valence-electron chi connectivity index (χ0n) is 13.3. The maximum Gasteiger partial charge on any atom is 0.123 e. The summed E-state index contributed by atoms with van der Waals surface area (Å²) < 4.78 is 13.8. The van der Waals surface area contributed by atoms with Crippen LogP contribution in [0.4, 0.5) is 4.39 Å². The molecule has 0 amide bonds. The molecular formula is C17H26Cl3FN2. The van der Waals surface area contributed by atoms with E-state index in [1.165, 1.54) is 38.2 Å². The van der Waals surface area contributed by atoms with E-state index in [4.69, 9.17) is 11.6 Å². The summed E-state index contributed by atoms with van der Waals surface area (Å²) in [6.07, 6.45) is 6.39. The summed E-state index contributed by atoms with van der Waals surface area (Å²) in [7, 11) is 0. The molecule has 1 saturated heterocycles. The Balaban J connectivity index is 0.00000132. The number of piperazine rings is 1. The Morgan fingerprint density at radius 3 is 2.39 bits per heavy atom. The Hall–Kier alpha value is -0.0600. The van der Waals surface area contributed by atoms with Crippen LogP contribution in [-0.2, 0) is 0 Å². The molecule has 1 aliphatic heterocycles. The first-order valence-corrected chi connectivity index (χ1v) is 8.53. The van der Waals surface area contributed by atoms with E-state index in [2.05, 4.69) is 10.2 Å². The van der Waals surface area contributed by atoms with Crippen LogP contribution in [0.5, 0.6) is 0 Å². The summed E-state index contributed by atoms with van der Waals surface area (Å²) in [5.41, 5.74) is 0.991. The van der Waals surface area contributed by atoms with E-state index >= 15 is 0 Å². The number of hydrogen-bond acceptors (Lipinski definition) is 2. The van der Waals surface area contributed by atoms with Gasteiger partial charge in [0, 0.05) is 37.2 Å². The molecule has 3 rings (SSSR count). The van der Waals surface area contributed by atoms with Crippen molar-refractivity contribution in [3.63, 3.8) is 0 Å². The molecule has 2 nitrogen and oxygen atoms in total. The van der Waals surface area contributed by atoms with Gasteiger partial charge in [0.25, 0.3) is 0 Å². The van der Waals surface area contributed by atoms with Crippen LogP contribution in [0.15, 0.2) is 18.2 Å². The third-order valence-corrected chi connectivity index (χ3v) is 5.26. The average Bonchev–Trinajstić information content (AvgIpc) is 2.53. The van der Waals surface area contributed by atoms with Gasteiger partial charge in [0.1, 0.15) is 5.82 Å². The van der Waals surface area contributed by atoms with Crippen LogP contribution in [0, 0.1) is 11.7 Å². The quantitative estimate of drug-likeness (QED) is 0.802. The number of nitrogens with one attached hydrogen (secondary N) is 1. The minimum Gasteiger partial charge on any atom is -0.314 e. The Bertz CT molecular complexity index is 457. The van der Waals surface area contributed by atoms with Gasteiger partial charge in [-0.1, -0.05) is 30.9 Å².